The van der Waals surface area contributed by atoms with Gasteiger partial charge >= 0.3 is 0 Å². The number of likely N-dealkylation sites (N-methyl/N-ethyl adjacent to an activating group) is 1. The van der Waals surface area contributed by atoms with Crippen molar-refractivity contribution in [3.8, 4) is 0 Å². The van der Waals surface area contributed by atoms with Gasteiger partial charge in [0.1, 0.15) is 6.54 Å². The van der Waals surface area contributed by atoms with E-state index in [-0.39, 0.29) is 18.4 Å². The number of para-hydroxylation sites is 2. The van der Waals surface area contributed by atoms with Gasteiger partial charge in [-0.15, -0.1) is 0 Å². The van der Waals surface area contributed by atoms with Crippen molar-refractivity contribution in [3.05, 3.63) is 24.3 Å². The van der Waals surface area contributed by atoms with Gasteiger partial charge in [-0.25, -0.2) is 0 Å². The van der Waals surface area contributed by atoms with Crippen molar-refractivity contribution in [3.63, 3.8) is 0 Å². The van der Waals surface area contributed by atoms with Crippen molar-refractivity contribution < 1.29 is 9.59 Å². The minimum atomic E-state index is -0.107. The standard InChI is InChI=1S/C11H12N2O2/c1-8(14)13-7-11(15)12(2)9-5-3-4-6-10(9)13/h3-6H,7H2,1-2H3. The SMILES string of the molecule is CC(=O)N1CC(=O)N(C)c2ccccc21. The molecule has 4 heteroatoms. The molecular formula is C11H12N2O2. The Morgan fingerprint density at radius 1 is 1.27 bits per heavy atom. The van der Waals surface area contributed by atoms with Crippen LogP contribution < -0.4 is 9.80 Å². The van der Waals surface area contributed by atoms with Crippen molar-refractivity contribution in [1.82, 2.24) is 0 Å². The van der Waals surface area contributed by atoms with Crippen LogP contribution in [0.5, 0.6) is 0 Å². The minimum Gasteiger partial charge on any atom is -0.312 e. The van der Waals surface area contributed by atoms with Crippen molar-refractivity contribution >= 4 is 23.2 Å². The molecule has 1 aliphatic rings. The van der Waals surface area contributed by atoms with Gasteiger partial charge in [0.2, 0.25) is 11.8 Å². The summed E-state index contributed by atoms with van der Waals surface area (Å²) in [7, 11) is 1.72. The van der Waals surface area contributed by atoms with Gasteiger partial charge in [0, 0.05) is 14.0 Å². The first kappa shape index (κ1) is 9.71. The van der Waals surface area contributed by atoms with E-state index in [1.807, 2.05) is 24.3 Å². The van der Waals surface area contributed by atoms with Gasteiger partial charge in [-0.2, -0.15) is 0 Å². The maximum atomic E-state index is 11.6. The fraction of sp³-hybridized carbons (Fsp3) is 0.273. The lowest BCUT2D eigenvalue weighted by Crippen LogP contribution is -2.45. The highest BCUT2D eigenvalue weighted by molar-refractivity contribution is 6.10. The van der Waals surface area contributed by atoms with Crippen LogP contribution in [0, 0.1) is 0 Å². The summed E-state index contributed by atoms with van der Waals surface area (Å²) in [6.45, 7) is 1.60. The normalized spacial score (nSPS) is 15.2. The summed E-state index contributed by atoms with van der Waals surface area (Å²) in [5, 5.41) is 0. The number of hydrogen-bond donors (Lipinski definition) is 0. The number of nitrogens with zero attached hydrogens (tertiary/aromatic N) is 2. The third-order valence-corrected chi connectivity index (χ3v) is 2.58. The number of anilines is 2. The van der Waals surface area contributed by atoms with Crippen molar-refractivity contribution in [1.29, 1.82) is 0 Å². The van der Waals surface area contributed by atoms with Crippen LogP contribution in [0.25, 0.3) is 0 Å². The van der Waals surface area contributed by atoms with Crippen LogP contribution in [0.1, 0.15) is 6.92 Å². The molecule has 0 unspecified atom stereocenters. The van der Waals surface area contributed by atoms with Crippen molar-refractivity contribution in [2.45, 2.75) is 6.92 Å². The second-order valence-electron chi connectivity index (χ2n) is 3.55. The van der Waals surface area contributed by atoms with Crippen molar-refractivity contribution in [2.24, 2.45) is 0 Å². The van der Waals surface area contributed by atoms with Crippen LogP contribution in [0.3, 0.4) is 0 Å². The van der Waals surface area contributed by atoms with Gasteiger partial charge in [0.05, 0.1) is 11.4 Å². The minimum absolute atomic E-state index is 0.0658. The monoisotopic (exact) mass is 204 g/mol. The number of carbonyl (C=O) groups is 2. The molecule has 2 rings (SSSR count). The molecule has 78 valence electrons. The summed E-state index contributed by atoms with van der Waals surface area (Å²) < 4.78 is 0. The summed E-state index contributed by atoms with van der Waals surface area (Å²) >= 11 is 0. The molecule has 1 aliphatic heterocycles. The largest absolute Gasteiger partial charge is 0.312 e. The molecule has 2 amide bonds. The van der Waals surface area contributed by atoms with Crippen LogP contribution in [0.4, 0.5) is 11.4 Å². The molecule has 0 radical (unpaired) electrons. The molecule has 0 N–H and O–H groups in total. The third kappa shape index (κ3) is 1.48. The number of carbonyl (C=O) groups excluding carboxylic acids is 2. The van der Waals surface area contributed by atoms with Gasteiger partial charge in [-0.05, 0) is 12.1 Å². The van der Waals surface area contributed by atoms with Gasteiger partial charge < -0.3 is 9.80 Å². The van der Waals surface area contributed by atoms with Gasteiger partial charge in [0.15, 0.2) is 0 Å². The summed E-state index contributed by atoms with van der Waals surface area (Å²) in [5.41, 5.74) is 1.58. The predicted octanol–water partition coefficient (Wildman–Crippen LogP) is 1.02. The molecule has 1 heterocycles. The molecule has 0 atom stereocenters. The van der Waals surface area contributed by atoms with E-state index in [1.54, 1.807) is 11.9 Å². The Hall–Kier alpha value is -1.84. The molecule has 1 aromatic rings. The summed E-state index contributed by atoms with van der Waals surface area (Å²) in [4.78, 5) is 26.0. The smallest absolute Gasteiger partial charge is 0.246 e. The van der Waals surface area contributed by atoms with Gasteiger partial charge in [0.25, 0.3) is 0 Å². The van der Waals surface area contributed by atoms with Crippen molar-refractivity contribution in [2.75, 3.05) is 23.4 Å². The number of hydrogen-bond acceptors (Lipinski definition) is 2. The van der Waals surface area contributed by atoms with Gasteiger partial charge in [-0.1, -0.05) is 12.1 Å². The summed E-state index contributed by atoms with van der Waals surface area (Å²) in [6.07, 6.45) is 0. The van der Waals surface area contributed by atoms with Crippen LogP contribution >= 0.6 is 0 Å². The average molecular weight is 204 g/mol. The molecule has 0 spiro atoms. The molecule has 1 aromatic carbocycles. The summed E-state index contributed by atoms with van der Waals surface area (Å²) in [6, 6.07) is 7.40. The quantitative estimate of drug-likeness (QED) is 0.633. The average Bonchev–Trinajstić information content (AvgIpc) is 2.23. The number of benzene rings is 1. The fourth-order valence-electron chi connectivity index (χ4n) is 1.72. The molecule has 15 heavy (non-hydrogen) atoms. The van der Waals surface area contributed by atoms with E-state index in [2.05, 4.69) is 0 Å². The van der Waals surface area contributed by atoms with E-state index in [1.165, 1.54) is 11.8 Å². The second kappa shape index (κ2) is 3.38. The summed E-state index contributed by atoms with van der Waals surface area (Å²) in [5.74, 6) is -0.173. The lowest BCUT2D eigenvalue weighted by atomic mass is 10.1. The van der Waals surface area contributed by atoms with E-state index in [4.69, 9.17) is 0 Å². The first-order chi connectivity index (χ1) is 7.11. The topological polar surface area (TPSA) is 40.6 Å². The molecular weight excluding hydrogens is 192 g/mol. The van der Waals surface area contributed by atoms with E-state index < -0.39 is 0 Å². The zero-order valence-electron chi connectivity index (χ0n) is 8.73. The van der Waals surface area contributed by atoms with Crippen LogP contribution in [0.15, 0.2) is 24.3 Å². The lowest BCUT2D eigenvalue weighted by Gasteiger charge is -2.33. The number of fused-ring (bicyclic) bond motifs is 1. The highest BCUT2D eigenvalue weighted by Gasteiger charge is 2.28. The lowest BCUT2D eigenvalue weighted by molar-refractivity contribution is -0.121. The van der Waals surface area contributed by atoms with E-state index in [0.29, 0.717) is 0 Å². The Morgan fingerprint density at radius 2 is 1.87 bits per heavy atom. The van der Waals surface area contributed by atoms with E-state index >= 15 is 0 Å². The Labute approximate surface area is 88.1 Å². The molecule has 0 aromatic heterocycles. The Balaban J connectivity index is 2.54. The molecule has 4 nitrogen and oxygen atoms in total. The number of rotatable bonds is 0. The maximum Gasteiger partial charge on any atom is 0.246 e. The maximum absolute atomic E-state index is 11.6. The first-order valence-electron chi connectivity index (χ1n) is 4.75. The molecule has 0 saturated carbocycles. The number of amides is 2. The molecule has 0 bridgehead atoms. The second-order valence-corrected chi connectivity index (χ2v) is 3.55. The zero-order chi connectivity index (χ0) is 11.0. The predicted molar refractivity (Wildman–Crippen MR) is 57.9 cm³/mol. The van der Waals surface area contributed by atoms with Crippen LogP contribution in [-0.4, -0.2) is 25.4 Å². The molecule has 0 saturated heterocycles. The Kier molecular flexibility index (Phi) is 2.19. The Bertz CT molecular complexity index is 428. The van der Waals surface area contributed by atoms with E-state index in [0.717, 1.165) is 11.4 Å². The first-order valence-corrected chi connectivity index (χ1v) is 4.75. The van der Waals surface area contributed by atoms with Crippen LogP contribution in [0.2, 0.25) is 0 Å². The van der Waals surface area contributed by atoms with Crippen LogP contribution in [-0.2, 0) is 9.59 Å². The van der Waals surface area contributed by atoms with Gasteiger partial charge in [-0.3, -0.25) is 9.59 Å². The Morgan fingerprint density at radius 3 is 2.47 bits per heavy atom. The molecule has 0 aliphatic carbocycles. The fourth-order valence-corrected chi connectivity index (χ4v) is 1.72. The van der Waals surface area contributed by atoms with E-state index in [9.17, 15) is 9.59 Å². The zero-order valence-corrected chi connectivity index (χ0v) is 8.73. The highest BCUT2D eigenvalue weighted by atomic mass is 16.2. The highest BCUT2D eigenvalue weighted by Crippen LogP contribution is 2.32. The third-order valence-electron chi connectivity index (χ3n) is 2.58. The molecule has 0 fully saturated rings.